The molecule has 204 valence electrons. The Morgan fingerprint density at radius 3 is 2.26 bits per heavy atom. The Morgan fingerprint density at radius 2 is 1.64 bits per heavy atom. The third kappa shape index (κ3) is 6.74. The SMILES string of the molecule is CC(C)(C)OC(=O)N[C@H]1CS(=O)(=O)c2ccc(C(=O)O)cc2N(Cc2ccc(Oc3ccccc3)cc2)C1=O. The summed E-state index contributed by atoms with van der Waals surface area (Å²) in [4.78, 5) is 38.8. The number of ether oxygens (including phenoxy) is 2. The monoisotopic (exact) mass is 552 g/mol. The number of nitrogens with one attached hydrogen (secondary N) is 1. The molecule has 1 aliphatic rings. The maximum atomic E-state index is 13.7. The fraction of sp³-hybridized carbons (Fsp3) is 0.250. The van der Waals surface area contributed by atoms with Crippen LogP contribution in [0.3, 0.4) is 0 Å². The molecule has 3 aromatic rings. The molecule has 2 N–H and O–H groups in total. The van der Waals surface area contributed by atoms with Crippen LogP contribution in [0.25, 0.3) is 0 Å². The van der Waals surface area contributed by atoms with Crippen LogP contribution >= 0.6 is 0 Å². The molecule has 1 atom stereocenters. The summed E-state index contributed by atoms with van der Waals surface area (Å²) in [6.45, 7) is 4.82. The van der Waals surface area contributed by atoms with Gasteiger partial charge < -0.3 is 24.8 Å². The van der Waals surface area contributed by atoms with Crippen molar-refractivity contribution in [2.75, 3.05) is 10.7 Å². The van der Waals surface area contributed by atoms with Crippen LogP contribution in [0.15, 0.2) is 77.7 Å². The number of alkyl carbamates (subject to hydrolysis) is 1. The summed E-state index contributed by atoms with van der Waals surface area (Å²) >= 11 is 0. The van der Waals surface area contributed by atoms with Crippen LogP contribution in [-0.2, 0) is 25.9 Å². The molecule has 0 saturated carbocycles. The molecular weight excluding hydrogens is 524 g/mol. The van der Waals surface area contributed by atoms with E-state index >= 15 is 0 Å². The predicted octanol–water partition coefficient (Wildman–Crippen LogP) is 4.39. The van der Waals surface area contributed by atoms with E-state index < -0.39 is 45.2 Å². The smallest absolute Gasteiger partial charge is 0.408 e. The second-order valence-electron chi connectivity index (χ2n) is 9.95. The number of amides is 2. The lowest BCUT2D eigenvalue weighted by Crippen LogP contribution is -2.51. The van der Waals surface area contributed by atoms with Gasteiger partial charge in [-0.2, -0.15) is 0 Å². The lowest BCUT2D eigenvalue weighted by atomic mass is 10.1. The van der Waals surface area contributed by atoms with E-state index in [9.17, 15) is 27.9 Å². The van der Waals surface area contributed by atoms with Crippen molar-refractivity contribution in [1.82, 2.24) is 5.32 Å². The fourth-order valence-corrected chi connectivity index (χ4v) is 5.61. The summed E-state index contributed by atoms with van der Waals surface area (Å²) in [5.74, 6) is -1.53. The van der Waals surface area contributed by atoms with Crippen LogP contribution < -0.4 is 15.0 Å². The normalized spacial score (nSPS) is 16.5. The van der Waals surface area contributed by atoms with Gasteiger partial charge >= 0.3 is 12.1 Å². The molecule has 0 radical (unpaired) electrons. The summed E-state index contributed by atoms with van der Waals surface area (Å²) in [7, 11) is -4.10. The maximum Gasteiger partial charge on any atom is 0.408 e. The van der Waals surface area contributed by atoms with Gasteiger partial charge in [-0.05, 0) is 68.8 Å². The number of anilines is 1. The fourth-order valence-electron chi connectivity index (χ4n) is 4.00. The second-order valence-corrected chi connectivity index (χ2v) is 12.0. The van der Waals surface area contributed by atoms with Crippen LogP contribution in [0.5, 0.6) is 11.5 Å². The average Bonchev–Trinajstić information content (AvgIpc) is 2.93. The van der Waals surface area contributed by atoms with Crippen molar-refractivity contribution in [1.29, 1.82) is 0 Å². The minimum Gasteiger partial charge on any atom is -0.478 e. The van der Waals surface area contributed by atoms with Gasteiger partial charge in [0.25, 0.3) is 5.91 Å². The van der Waals surface area contributed by atoms with E-state index in [2.05, 4.69) is 5.32 Å². The number of para-hydroxylation sites is 1. The molecule has 0 bridgehead atoms. The minimum atomic E-state index is -4.10. The lowest BCUT2D eigenvalue weighted by Gasteiger charge is -2.27. The molecule has 0 saturated heterocycles. The zero-order valence-corrected chi connectivity index (χ0v) is 22.4. The van der Waals surface area contributed by atoms with Crippen LogP contribution in [-0.4, -0.2) is 48.9 Å². The highest BCUT2D eigenvalue weighted by Crippen LogP contribution is 2.33. The van der Waals surface area contributed by atoms with Crippen molar-refractivity contribution in [3.8, 4) is 11.5 Å². The van der Waals surface area contributed by atoms with Crippen LogP contribution in [0.1, 0.15) is 36.7 Å². The summed E-state index contributed by atoms with van der Waals surface area (Å²) in [6.07, 6.45) is -0.949. The first-order valence-corrected chi connectivity index (χ1v) is 13.7. The number of carbonyl (C=O) groups excluding carboxylic acids is 2. The van der Waals surface area contributed by atoms with Crippen molar-refractivity contribution in [3.05, 3.63) is 83.9 Å². The van der Waals surface area contributed by atoms with Gasteiger partial charge in [-0.3, -0.25) is 4.79 Å². The number of carboxylic acids is 1. The predicted molar refractivity (Wildman–Crippen MR) is 143 cm³/mol. The zero-order chi connectivity index (χ0) is 28.4. The number of benzene rings is 3. The number of hydrogen-bond donors (Lipinski definition) is 2. The molecule has 0 unspecified atom stereocenters. The average molecular weight is 553 g/mol. The van der Waals surface area contributed by atoms with Gasteiger partial charge in [0.05, 0.1) is 28.4 Å². The molecular formula is C28H28N2O8S. The van der Waals surface area contributed by atoms with E-state index in [4.69, 9.17) is 9.47 Å². The summed E-state index contributed by atoms with van der Waals surface area (Å²) in [5.41, 5.74) is -0.532. The minimum absolute atomic E-state index is 0.0852. The molecule has 1 heterocycles. The Balaban J connectivity index is 1.69. The molecule has 39 heavy (non-hydrogen) atoms. The number of fused-ring (bicyclic) bond motifs is 1. The molecule has 0 aliphatic carbocycles. The number of carbonyl (C=O) groups is 3. The molecule has 2 amide bonds. The Bertz CT molecular complexity index is 1500. The Labute approximate surface area is 226 Å². The number of hydrogen-bond acceptors (Lipinski definition) is 7. The summed E-state index contributed by atoms with van der Waals surface area (Å²) < 4.78 is 37.6. The number of sulfone groups is 1. The van der Waals surface area contributed by atoms with Crippen molar-refractivity contribution in [2.24, 2.45) is 0 Å². The number of carboxylic acid groups (broad SMARTS) is 1. The molecule has 4 rings (SSSR count). The maximum absolute atomic E-state index is 13.7. The van der Waals surface area contributed by atoms with Gasteiger partial charge in [-0.25, -0.2) is 18.0 Å². The van der Waals surface area contributed by atoms with E-state index in [1.165, 1.54) is 17.0 Å². The summed E-state index contributed by atoms with van der Waals surface area (Å²) in [5, 5.41) is 11.9. The first-order valence-electron chi connectivity index (χ1n) is 12.1. The second kappa shape index (κ2) is 10.8. The lowest BCUT2D eigenvalue weighted by molar-refractivity contribution is -0.120. The summed E-state index contributed by atoms with van der Waals surface area (Å²) in [6, 6.07) is 18.0. The molecule has 11 heteroatoms. The van der Waals surface area contributed by atoms with Gasteiger partial charge in [0.2, 0.25) is 0 Å². The van der Waals surface area contributed by atoms with Crippen LogP contribution in [0.2, 0.25) is 0 Å². The van der Waals surface area contributed by atoms with Gasteiger partial charge in [-0.15, -0.1) is 0 Å². The Kier molecular flexibility index (Phi) is 7.64. The van der Waals surface area contributed by atoms with E-state index in [1.54, 1.807) is 57.2 Å². The van der Waals surface area contributed by atoms with E-state index in [0.717, 1.165) is 6.07 Å². The van der Waals surface area contributed by atoms with E-state index in [1.807, 2.05) is 18.2 Å². The van der Waals surface area contributed by atoms with Gasteiger partial charge in [-0.1, -0.05) is 30.3 Å². The number of nitrogens with zero attached hydrogens (tertiary/aromatic N) is 1. The van der Waals surface area contributed by atoms with Gasteiger partial charge in [0.15, 0.2) is 9.84 Å². The topological polar surface area (TPSA) is 139 Å². The van der Waals surface area contributed by atoms with E-state index in [-0.39, 0.29) is 22.7 Å². The molecule has 10 nitrogen and oxygen atoms in total. The molecule has 3 aromatic carbocycles. The zero-order valence-electron chi connectivity index (χ0n) is 21.6. The quantitative estimate of drug-likeness (QED) is 0.459. The molecule has 0 spiro atoms. The molecule has 1 aliphatic heterocycles. The van der Waals surface area contributed by atoms with Crippen molar-refractivity contribution >= 4 is 33.5 Å². The number of rotatable bonds is 6. The van der Waals surface area contributed by atoms with Crippen LogP contribution in [0, 0.1) is 0 Å². The highest BCUT2D eigenvalue weighted by atomic mass is 32.2. The largest absolute Gasteiger partial charge is 0.478 e. The molecule has 0 fully saturated rings. The van der Waals surface area contributed by atoms with E-state index in [0.29, 0.717) is 17.1 Å². The first-order chi connectivity index (χ1) is 18.3. The number of aromatic carboxylic acids is 1. The Morgan fingerprint density at radius 1 is 1.00 bits per heavy atom. The van der Waals surface area contributed by atoms with Crippen molar-refractivity contribution in [2.45, 2.75) is 43.9 Å². The third-order valence-electron chi connectivity index (χ3n) is 5.72. The highest BCUT2D eigenvalue weighted by molar-refractivity contribution is 7.91. The first kappa shape index (κ1) is 27.6. The van der Waals surface area contributed by atoms with Crippen molar-refractivity contribution in [3.63, 3.8) is 0 Å². The molecule has 0 aromatic heterocycles. The van der Waals surface area contributed by atoms with Gasteiger partial charge in [0, 0.05) is 0 Å². The standard InChI is InChI=1S/C28H28N2O8S/c1-28(2,3)38-27(34)29-22-17-39(35,36)24-14-11-19(26(32)33)15-23(24)30(25(22)31)16-18-9-12-21(13-10-18)37-20-7-5-4-6-8-20/h4-15,22H,16-17H2,1-3H3,(H,29,34)(H,32,33)/t22-/m0/s1. The van der Waals surface area contributed by atoms with Gasteiger partial charge in [0.1, 0.15) is 23.1 Å². The van der Waals surface area contributed by atoms with Crippen LogP contribution in [0.4, 0.5) is 10.5 Å². The third-order valence-corrected chi connectivity index (χ3v) is 7.50. The van der Waals surface area contributed by atoms with Crippen molar-refractivity contribution < 1.29 is 37.4 Å². The highest BCUT2D eigenvalue weighted by Gasteiger charge is 2.39. The Hall–Kier alpha value is -4.38.